The number of morpholine rings is 1. The molecule has 1 amide bonds. The number of hydrogen-bond acceptors (Lipinski definition) is 5. The number of sulfonamides is 1. The molecule has 1 aliphatic heterocycles. The summed E-state index contributed by atoms with van der Waals surface area (Å²) in [6.45, 7) is 6.39. The Morgan fingerprint density at radius 2 is 1.83 bits per heavy atom. The van der Waals surface area contributed by atoms with E-state index in [4.69, 9.17) is 9.88 Å². The van der Waals surface area contributed by atoms with Crippen LogP contribution in [0.2, 0.25) is 0 Å². The Hall–Kier alpha value is -1.48. The number of ether oxygens (including phenoxy) is 1. The predicted octanol–water partition coefficient (Wildman–Crippen LogP) is 0.102. The molecule has 1 heterocycles. The first kappa shape index (κ1) is 18.9. The zero-order valence-corrected chi connectivity index (χ0v) is 14.9. The van der Waals surface area contributed by atoms with Crippen molar-refractivity contribution in [1.82, 2.24) is 10.2 Å². The monoisotopic (exact) mass is 355 g/mol. The zero-order chi connectivity index (χ0) is 17.7. The molecule has 134 valence electrons. The van der Waals surface area contributed by atoms with E-state index >= 15 is 0 Å². The molecule has 0 saturated carbocycles. The molecule has 1 aliphatic rings. The third kappa shape index (κ3) is 5.86. The van der Waals surface area contributed by atoms with Crippen LogP contribution in [0.25, 0.3) is 0 Å². The molecule has 24 heavy (non-hydrogen) atoms. The Balaban J connectivity index is 1.74. The molecular formula is C16H25N3O4S. The number of carbonyl (C=O) groups is 1. The molecule has 0 spiro atoms. The van der Waals surface area contributed by atoms with Crippen LogP contribution in [-0.4, -0.2) is 57.6 Å². The van der Waals surface area contributed by atoms with Crippen LogP contribution < -0.4 is 10.5 Å². The van der Waals surface area contributed by atoms with E-state index in [1.54, 1.807) is 12.1 Å². The summed E-state index contributed by atoms with van der Waals surface area (Å²) in [6.07, 6.45) is 0.907. The van der Waals surface area contributed by atoms with E-state index in [0.29, 0.717) is 19.5 Å². The summed E-state index contributed by atoms with van der Waals surface area (Å²) >= 11 is 0. The summed E-state index contributed by atoms with van der Waals surface area (Å²) in [5, 5.41) is 7.95. The number of nitrogens with zero attached hydrogens (tertiary/aromatic N) is 1. The minimum absolute atomic E-state index is 0.0162. The zero-order valence-electron chi connectivity index (χ0n) is 14.1. The molecule has 8 heteroatoms. The van der Waals surface area contributed by atoms with Crippen LogP contribution in [0.3, 0.4) is 0 Å². The summed E-state index contributed by atoms with van der Waals surface area (Å²) in [7, 11) is -3.66. The van der Waals surface area contributed by atoms with Gasteiger partial charge in [0, 0.05) is 19.6 Å². The summed E-state index contributed by atoms with van der Waals surface area (Å²) in [4.78, 5) is 14.2. The number of rotatable bonds is 6. The molecule has 0 radical (unpaired) electrons. The van der Waals surface area contributed by atoms with Crippen molar-refractivity contribution in [2.45, 2.75) is 37.4 Å². The lowest BCUT2D eigenvalue weighted by atomic mass is 10.1. The van der Waals surface area contributed by atoms with Gasteiger partial charge < -0.3 is 10.1 Å². The molecule has 0 aliphatic carbocycles. The standard InChI is InChI=1S/C16H25N3O4S/c1-12-9-19(10-13(2)23-12)11-16(20)18-8-7-14-3-5-15(6-4-14)24(17,21)22/h3-6,12-13H,7-11H2,1-2H3,(H,18,20)(H2,17,21,22)/t12-,13+. The minimum Gasteiger partial charge on any atom is -0.373 e. The van der Waals surface area contributed by atoms with E-state index in [-0.39, 0.29) is 23.0 Å². The summed E-state index contributed by atoms with van der Waals surface area (Å²) < 4.78 is 28.0. The number of amides is 1. The highest BCUT2D eigenvalue weighted by Crippen LogP contribution is 2.10. The highest BCUT2D eigenvalue weighted by molar-refractivity contribution is 7.89. The van der Waals surface area contributed by atoms with Crippen LogP contribution in [0.4, 0.5) is 0 Å². The van der Waals surface area contributed by atoms with Crippen molar-refractivity contribution < 1.29 is 17.9 Å². The quantitative estimate of drug-likeness (QED) is 0.754. The van der Waals surface area contributed by atoms with Crippen LogP contribution in [-0.2, 0) is 26.0 Å². The number of nitrogens with one attached hydrogen (secondary N) is 1. The molecule has 7 nitrogen and oxygen atoms in total. The number of hydrogen-bond donors (Lipinski definition) is 2. The molecule has 0 unspecified atom stereocenters. The normalized spacial score (nSPS) is 22.3. The largest absolute Gasteiger partial charge is 0.373 e. The second-order valence-electron chi connectivity index (χ2n) is 6.24. The Bertz CT molecular complexity index is 650. The van der Waals surface area contributed by atoms with Crippen LogP contribution in [0.1, 0.15) is 19.4 Å². The third-order valence-electron chi connectivity index (χ3n) is 3.85. The Morgan fingerprint density at radius 3 is 2.38 bits per heavy atom. The average molecular weight is 355 g/mol. The summed E-state index contributed by atoms with van der Waals surface area (Å²) in [5.41, 5.74) is 0.941. The number of primary sulfonamides is 1. The van der Waals surface area contributed by atoms with E-state index < -0.39 is 10.0 Å². The second-order valence-corrected chi connectivity index (χ2v) is 7.80. The van der Waals surface area contributed by atoms with Crippen LogP contribution >= 0.6 is 0 Å². The molecule has 0 bridgehead atoms. The smallest absolute Gasteiger partial charge is 0.238 e. The van der Waals surface area contributed by atoms with Gasteiger partial charge in [-0.3, -0.25) is 9.69 Å². The van der Waals surface area contributed by atoms with Crippen molar-refractivity contribution in [2.24, 2.45) is 5.14 Å². The van der Waals surface area contributed by atoms with Crippen LogP contribution in [0.15, 0.2) is 29.2 Å². The fourth-order valence-electron chi connectivity index (χ4n) is 2.86. The molecular weight excluding hydrogens is 330 g/mol. The molecule has 1 aromatic rings. The van der Waals surface area contributed by atoms with E-state index in [1.807, 2.05) is 13.8 Å². The lowest BCUT2D eigenvalue weighted by Gasteiger charge is -2.34. The van der Waals surface area contributed by atoms with Crippen molar-refractivity contribution in [3.05, 3.63) is 29.8 Å². The van der Waals surface area contributed by atoms with Gasteiger partial charge in [0.2, 0.25) is 15.9 Å². The maximum Gasteiger partial charge on any atom is 0.238 e. The first-order valence-electron chi connectivity index (χ1n) is 8.00. The van der Waals surface area contributed by atoms with Gasteiger partial charge in [-0.25, -0.2) is 13.6 Å². The van der Waals surface area contributed by atoms with E-state index in [2.05, 4.69) is 10.2 Å². The fraction of sp³-hybridized carbons (Fsp3) is 0.562. The van der Waals surface area contributed by atoms with Crippen molar-refractivity contribution in [1.29, 1.82) is 0 Å². The lowest BCUT2D eigenvalue weighted by molar-refractivity contribution is -0.125. The topological polar surface area (TPSA) is 102 Å². The van der Waals surface area contributed by atoms with Gasteiger partial charge in [-0.2, -0.15) is 0 Å². The molecule has 1 fully saturated rings. The molecule has 1 aromatic carbocycles. The SMILES string of the molecule is C[C@@H]1CN(CC(=O)NCCc2ccc(S(N)(=O)=O)cc2)C[C@H](C)O1. The van der Waals surface area contributed by atoms with Gasteiger partial charge in [-0.1, -0.05) is 12.1 Å². The summed E-state index contributed by atoms with van der Waals surface area (Å²) in [6, 6.07) is 6.36. The van der Waals surface area contributed by atoms with Crippen LogP contribution in [0, 0.1) is 0 Å². The molecule has 0 aromatic heterocycles. The number of benzene rings is 1. The van der Waals surface area contributed by atoms with Crippen LogP contribution in [0.5, 0.6) is 0 Å². The van der Waals surface area contributed by atoms with Crippen molar-refractivity contribution in [3.8, 4) is 0 Å². The second kappa shape index (κ2) is 8.06. The highest BCUT2D eigenvalue weighted by Gasteiger charge is 2.23. The van der Waals surface area contributed by atoms with Gasteiger partial charge in [0.15, 0.2) is 0 Å². The lowest BCUT2D eigenvalue weighted by Crippen LogP contribution is -2.49. The molecule has 3 N–H and O–H groups in total. The van der Waals surface area contributed by atoms with E-state index in [9.17, 15) is 13.2 Å². The van der Waals surface area contributed by atoms with Crippen molar-refractivity contribution >= 4 is 15.9 Å². The molecule has 2 atom stereocenters. The predicted molar refractivity (Wildman–Crippen MR) is 91.0 cm³/mol. The van der Waals surface area contributed by atoms with Crippen molar-refractivity contribution in [2.75, 3.05) is 26.2 Å². The van der Waals surface area contributed by atoms with Gasteiger partial charge in [0.25, 0.3) is 0 Å². The molecule has 2 rings (SSSR count). The van der Waals surface area contributed by atoms with Gasteiger partial charge in [0.1, 0.15) is 0 Å². The minimum atomic E-state index is -3.66. The van der Waals surface area contributed by atoms with Gasteiger partial charge in [-0.15, -0.1) is 0 Å². The van der Waals surface area contributed by atoms with E-state index in [0.717, 1.165) is 18.7 Å². The van der Waals surface area contributed by atoms with Gasteiger partial charge in [-0.05, 0) is 38.0 Å². The Labute approximate surface area is 143 Å². The third-order valence-corrected chi connectivity index (χ3v) is 4.78. The first-order valence-corrected chi connectivity index (χ1v) is 9.55. The molecule has 1 saturated heterocycles. The van der Waals surface area contributed by atoms with Gasteiger partial charge >= 0.3 is 0 Å². The Kier molecular flexibility index (Phi) is 6.34. The maximum atomic E-state index is 12.0. The maximum absolute atomic E-state index is 12.0. The average Bonchev–Trinajstić information content (AvgIpc) is 2.45. The Morgan fingerprint density at radius 1 is 1.25 bits per heavy atom. The van der Waals surface area contributed by atoms with E-state index in [1.165, 1.54) is 12.1 Å². The fourth-order valence-corrected chi connectivity index (χ4v) is 3.38. The van der Waals surface area contributed by atoms with Gasteiger partial charge in [0.05, 0.1) is 23.6 Å². The number of nitrogens with two attached hydrogens (primary N) is 1. The first-order chi connectivity index (χ1) is 11.2. The number of carbonyl (C=O) groups excluding carboxylic acids is 1. The van der Waals surface area contributed by atoms with Crippen molar-refractivity contribution in [3.63, 3.8) is 0 Å². The summed E-state index contributed by atoms with van der Waals surface area (Å²) in [5.74, 6) is -0.0162. The highest BCUT2D eigenvalue weighted by atomic mass is 32.2.